The normalized spacial score (nSPS) is 14.9. The molecule has 0 bridgehead atoms. The molecule has 0 saturated carbocycles. The second-order valence-electron chi connectivity index (χ2n) is 6.01. The molecule has 0 unspecified atom stereocenters. The largest absolute Gasteiger partial charge is 0.368 e. The predicted octanol–water partition coefficient (Wildman–Crippen LogP) is 4.03. The van der Waals surface area contributed by atoms with E-state index in [-0.39, 0.29) is 5.91 Å². The van der Waals surface area contributed by atoms with Crippen molar-refractivity contribution in [2.45, 2.75) is 13.8 Å². The molecule has 1 aliphatic rings. The van der Waals surface area contributed by atoms with Crippen LogP contribution in [-0.2, 0) is 0 Å². The molecule has 1 saturated heterocycles. The van der Waals surface area contributed by atoms with Gasteiger partial charge in [0.05, 0.1) is 0 Å². The quantitative estimate of drug-likeness (QED) is 0.794. The number of halogens is 1. The van der Waals surface area contributed by atoms with Crippen molar-refractivity contribution in [1.29, 1.82) is 0 Å². The van der Waals surface area contributed by atoms with Gasteiger partial charge in [-0.05, 0) is 55.3 Å². The third-order valence-corrected chi connectivity index (χ3v) is 5.10. The molecule has 4 heteroatoms. The Balaban J connectivity index is 1.67. The first-order valence-electron chi connectivity index (χ1n) is 7.92. The molecule has 0 aliphatic carbocycles. The fraction of sp³-hybridized carbons (Fsp3) is 0.316. The number of carbonyl (C=O) groups excluding carboxylic acids is 1. The average molecular weight is 373 g/mol. The number of hydrogen-bond acceptors (Lipinski definition) is 2. The summed E-state index contributed by atoms with van der Waals surface area (Å²) in [4.78, 5) is 16.9. The van der Waals surface area contributed by atoms with Crippen molar-refractivity contribution in [3.05, 3.63) is 63.6 Å². The lowest BCUT2D eigenvalue weighted by Crippen LogP contribution is -2.49. The zero-order chi connectivity index (χ0) is 16.4. The Morgan fingerprint density at radius 1 is 0.957 bits per heavy atom. The van der Waals surface area contributed by atoms with E-state index in [1.165, 1.54) is 16.8 Å². The Morgan fingerprint density at radius 2 is 1.61 bits per heavy atom. The maximum absolute atomic E-state index is 12.6. The summed E-state index contributed by atoms with van der Waals surface area (Å²) < 4.78 is 0.994. The molecule has 0 aromatic heterocycles. The van der Waals surface area contributed by atoms with Crippen molar-refractivity contribution >= 4 is 27.5 Å². The standard InChI is InChI=1S/C19H21BrN2O/c1-14-4-3-5-18(15(14)2)21-10-12-22(13-11-21)19(23)16-6-8-17(20)9-7-16/h3-9H,10-13H2,1-2H3. The number of benzene rings is 2. The van der Waals surface area contributed by atoms with E-state index < -0.39 is 0 Å². The first-order chi connectivity index (χ1) is 11.1. The van der Waals surface area contributed by atoms with Gasteiger partial charge >= 0.3 is 0 Å². The average Bonchev–Trinajstić information content (AvgIpc) is 2.58. The first kappa shape index (κ1) is 16.1. The first-order valence-corrected chi connectivity index (χ1v) is 8.71. The van der Waals surface area contributed by atoms with Crippen LogP contribution in [0.25, 0.3) is 0 Å². The summed E-state index contributed by atoms with van der Waals surface area (Å²) in [5.74, 6) is 0.123. The Morgan fingerprint density at radius 3 is 2.26 bits per heavy atom. The van der Waals surface area contributed by atoms with Gasteiger partial charge in [-0.1, -0.05) is 28.1 Å². The fourth-order valence-electron chi connectivity index (χ4n) is 3.00. The number of anilines is 1. The van der Waals surface area contributed by atoms with Crippen LogP contribution >= 0.6 is 15.9 Å². The molecule has 23 heavy (non-hydrogen) atoms. The van der Waals surface area contributed by atoms with Crippen molar-refractivity contribution in [3.8, 4) is 0 Å². The summed E-state index contributed by atoms with van der Waals surface area (Å²) in [6.07, 6.45) is 0. The maximum Gasteiger partial charge on any atom is 0.253 e. The van der Waals surface area contributed by atoms with Crippen molar-refractivity contribution < 1.29 is 4.79 Å². The molecule has 2 aromatic rings. The summed E-state index contributed by atoms with van der Waals surface area (Å²) >= 11 is 3.41. The minimum absolute atomic E-state index is 0.123. The van der Waals surface area contributed by atoms with E-state index in [0.29, 0.717) is 0 Å². The lowest BCUT2D eigenvalue weighted by Gasteiger charge is -2.37. The van der Waals surface area contributed by atoms with Crippen LogP contribution in [0, 0.1) is 13.8 Å². The SMILES string of the molecule is Cc1cccc(N2CCN(C(=O)c3ccc(Br)cc3)CC2)c1C. The second kappa shape index (κ2) is 6.75. The van der Waals surface area contributed by atoms with Gasteiger partial charge in [-0.2, -0.15) is 0 Å². The highest BCUT2D eigenvalue weighted by Gasteiger charge is 2.23. The van der Waals surface area contributed by atoms with Gasteiger partial charge in [0.2, 0.25) is 0 Å². The Labute approximate surface area is 146 Å². The molecular formula is C19H21BrN2O. The number of hydrogen-bond donors (Lipinski definition) is 0. The summed E-state index contributed by atoms with van der Waals surface area (Å²) in [6.45, 7) is 7.61. The summed E-state index contributed by atoms with van der Waals surface area (Å²) in [5, 5.41) is 0. The smallest absolute Gasteiger partial charge is 0.253 e. The maximum atomic E-state index is 12.6. The van der Waals surface area contributed by atoms with Crippen molar-refractivity contribution in [2.75, 3.05) is 31.1 Å². The molecule has 1 amide bonds. The van der Waals surface area contributed by atoms with Crippen molar-refractivity contribution in [3.63, 3.8) is 0 Å². The highest BCUT2D eigenvalue weighted by molar-refractivity contribution is 9.10. The zero-order valence-corrected chi connectivity index (χ0v) is 15.1. The van der Waals surface area contributed by atoms with E-state index in [9.17, 15) is 4.79 Å². The van der Waals surface area contributed by atoms with Gasteiger partial charge in [-0.25, -0.2) is 0 Å². The van der Waals surface area contributed by atoms with Crippen LogP contribution in [0.2, 0.25) is 0 Å². The number of nitrogens with zero attached hydrogens (tertiary/aromatic N) is 2. The molecule has 0 radical (unpaired) electrons. The zero-order valence-electron chi connectivity index (χ0n) is 13.6. The van der Waals surface area contributed by atoms with Crippen LogP contribution in [0.5, 0.6) is 0 Å². The number of rotatable bonds is 2. The van der Waals surface area contributed by atoms with Gasteiger partial charge in [0.15, 0.2) is 0 Å². The van der Waals surface area contributed by atoms with E-state index in [4.69, 9.17) is 0 Å². The van der Waals surface area contributed by atoms with Crippen LogP contribution in [0.1, 0.15) is 21.5 Å². The monoisotopic (exact) mass is 372 g/mol. The molecule has 1 heterocycles. The Bertz CT molecular complexity index is 704. The summed E-state index contributed by atoms with van der Waals surface area (Å²) in [6, 6.07) is 14.0. The Kier molecular flexibility index (Phi) is 4.71. The van der Waals surface area contributed by atoms with Crippen LogP contribution in [0.3, 0.4) is 0 Å². The number of carbonyl (C=O) groups is 1. The van der Waals surface area contributed by atoms with E-state index in [0.717, 1.165) is 36.2 Å². The number of aryl methyl sites for hydroxylation is 1. The fourth-order valence-corrected chi connectivity index (χ4v) is 3.27. The molecule has 3 rings (SSSR count). The van der Waals surface area contributed by atoms with Gasteiger partial charge in [0.25, 0.3) is 5.91 Å². The summed E-state index contributed by atoms with van der Waals surface area (Å²) in [5.41, 5.74) is 4.70. The molecular weight excluding hydrogens is 352 g/mol. The van der Waals surface area contributed by atoms with E-state index >= 15 is 0 Å². The van der Waals surface area contributed by atoms with Crippen LogP contribution in [0.15, 0.2) is 46.9 Å². The van der Waals surface area contributed by atoms with Gasteiger partial charge in [-0.3, -0.25) is 4.79 Å². The van der Waals surface area contributed by atoms with Crippen LogP contribution < -0.4 is 4.90 Å². The van der Waals surface area contributed by atoms with Crippen molar-refractivity contribution in [1.82, 2.24) is 4.90 Å². The minimum Gasteiger partial charge on any atom is -0.368 e. The minimum atomic E-state index is 0.123. The lowest BCUT2D eigenvalue weighted by molar-refractivity contribution is 0.0747. The van der Waals surface area contributed by atoms with Gasteiger partial charge < -0.3 is 9.80 Å². The molecule has 0 spiro atoms. The molecule has 1 aliphatic heterocycles. The van der Waals surface area contributed by atoms with Gasteiger partial charge in [0, 0.05) is 41.9 Å². The topological polar surface area (TPSA) is 23.6 Å². The van der Waals surface area contributed by atoms with E-state index in [2.05, 4.69) is 52.9 Å². The third kappa shape index (κ3) is 3.42. The summed E-state index contributed by atoms with van der Waals surface area (Å²) in [7, 11) is 0. The molecule has 3 nitrogen and oxygen atoms in total. The highest BCUT2D eigenvalue weighted by atomic mass is 79.9. The molecule has 0 N–H and O–H groups in total. The van der Waals surface area contributed by atoms with Crippen LogP contribution in [-0.4, -0.2) is 37.0 Å². The number of amides is 1. The predicted molar refractivity (Wildman–Crippen MR) is 98.2 cm³/mol. The number of piperazine rings is 1. The molecule has 0 atom stereocenters. The molecule has 120 valence electrons. The van der Waals surface area contributed by atoms with E-state index in [1.807, 2.05) is 29.2 Å². The van der Waals surface area contributed by atoms with E-state index in [1.54, 1.807) is 0 Å². The molecule has 2 aromatic carbocycles. The van der Waals surface area contributed by atoms with Crippen molar-refractivity contribution in [2.24, 2.45) is 0 Å². The Hall–Kier alpha value is -1.81. The van der Waals surface area contributed by atoms with Gasteiger partial charge in [0.1, 0.15) is 0 Å². The van der Waals surface area contributed by atoms with Crippen LogP contribution in [0.4, 0.5) is 5.69 Å². The molecule has 1 fully saturated rings. The third-order valence-electron chi connectivity index (χ3n) is 4.57. The lowest BCUT2D eigenvalue weighted by atomic mass is 10.1. The highest BCUT2D eigenvalue weighted by Crippen LogP contribution is 2.24. The second-order valence-corrected chi connectivity index (χ2v) is 6.92. The van der Waals surface area contributed by atoms with Gasteiger partial charge in [-0.15, -0.1) is 0 Å².